The smallest absolute Gasteiger partial charge is 0.319 e. The van der Waals surface area contributed by atoms with Crippen molar-refractivity contribution in [2.45, 2.75) is 9.83 Å². The zero-order chi connectivity index (χ0) is 17.2. The third-order valence-electron chi connectivity index (χ3n) is 3.11. The first-order valence-electron chi connectivity index (χ1n) is 6.42. The highest BCUT2D eigenvalue weighted by Gasteiger charge is 2.39. The van der Waals surface area contributed by atoms with E-state index in [1.807, 2.05) is 6.07 Å². The van der Waals surface area contributed by atoms with Crippen LogP contribution in [0.3, 0.4) is 0 Å². The van der Waals surface area contributed by atoms with Gasteiger partial charge in [-0.3, -0.25) is 4.79 Å². The highest BCUT2D eigenvalue weighted by atomic mass is 79.9. The van der Waals surface area contributed by atoms with Crippen molar-refractivity contribution < 1.29 is 14.3 Å². The van der Waals surface area contributed by atoms with Crippen LogP contribution in [-0.2, 0) is 9.53 Å². The minimum absolute atomic E-state index is 0.216. The SMILES string of the molecule is C=C1NC(=O)NC(c2cccc(Br)c2)C1C(=O)OCC(Cl)(Cl)Cl. The first kappa shape index (κ1) is 18.4. The first-order chi connectivity index (χ1) is 10.7. The number of carbonyl (C=O) groups excluding carboxylic acids is 2. The average molecular weight is 443 g/mol. The molecule has 0 spiro atoms. The summed E-state index contributed by atoms with van der Waals surface area (Å²) < 4.78 is 4.13. The molecule has 2 atom stereocenters. The maximum atomic E-state index is 12.4. The predicted molar refractivity (Wildman–Crippen MR) is 92.4 cm³/mol. The van der Waals surface area contributed by atoms with Crippen LogP contribution in [0.2, 0.25) is 0 Å². The third kappa shape index (κ3) is 5.01. The largest absolute Gasteiger partial charge is 0.461 e. The molecule has 124 valence electrons. The number of amides is 2. The third-order valence-corrected chi connectivity index (χ3v) is 3.93. The highest BCUT2D eigenvalue weighted by molar-refractivity contribution is 9.10. The number of halogens is 4. The normalized spacial score (nSPS) is 21.4. The number of hydrogen-bond acceptors (Lipinski definition) is 3. The lowest BCUT2D eigenvalue weighted by atomic mass is 9.89. The van der Waals surface area contributed by atoms with Gasteiger partial charge in [0.25, 0.3) is 0 Å². The summed E-state index contributed by atoms with van der Waals surface area (Å²) in [7, 11) is 0. The van der Waals surface area contributed by atoms with Crippen LogP contribution in [0.5, 0.6) is 0 Å². The maximum absolute atomic E-state index is 12.4. The molecule has 0 aliphatic carbocycles. The van der Waals surface area contributed by atoms with Crippen molar-refractivity contribution in [3.63, 3.8) is 0 Å². The number of urea groups is 1. The number of nitrogens with one attached hydrogen (secondary N) is 2. The Morgan fingerprint density at radius 1 is 1.39 bits per heavy atom. The second-order valence-corrected chi connectivity index (χ2v) is 8.29. The van der Waals surface area contributed by atoms with E-state index in [9.17, 15) is 9.59 Å². The van der Waals surface area contributed by atoms with Gasteiger partial charge in [-0.15, -0.1) is 0 Å². The van der Waals surface area contributed by atoms with Crippen LogP contribution in [0.4, 0.5) is 4.79 Å². The molecule has 0 bridgehead atoms. The Morgan fingerprint density at radius 3 is 2.70 bits per heavy atom. The molecule has 23 heavy (non-hydrogen) atoms. The summed E-state index contributed by atoms with van der Waals surface area (Å²) >= 11 is 20.1. The Bertz CT molecular complexity index is 648. The van der Waals surface area contributed by atoms with Gasteiger partial charge in [0.1, 0.15) is 12.5 Å². The highest BCUT2D eigenvalue weighted by Crippen LogP contribution is 2.33. The molecule has 9 heteroatoms. The summed E-state index contributed by atoms with van der Waals surface area (Å²) in [5.41, 5.74) is 0.930. The van der Waals surface area contributed by atoms with Crippen molar-refractivity contribution in [3.05, 3.63) is 46.6 Å². The van der Waals surface area contributed by atoms with E-state index in [2.05, 4.69) is 33.1 Å². The molecule has 5 nitrogen and oxygen atoms in total. The number of benzene rings is 1. The van der Waals surface area contributed by atoms with Gasteiger partial charge in [0.2, 0.25) is 3.79 Å². The Morgan fingerprint density at radius 2 is 2.09 bits per heavy atom. The van der Waals surface area contributed by atoms with Crippen LogP contribution in [0, 0.1) is 5.92 Å². The van der Waals surface area contributed by atoms with E-state index in [1.54, 1.807) is 18.2 Å². The fraction of sp³-hybridized carbons (Fsp3) is 0.286. The number of hydrogen-bond donors (Lipinski definition) is 2. The molecule has 1 aromatic rings. The van der Waals surface area contributed by atoms with E-state index < -0.39 is 34.4 Å². The molecule has 0 radical (unpaired) electrons. The summed E-state index contributed by atoms with van der Waals surface area (Å²) in [5, 5.41) is 5.15. The summed E-state index contributed by atoms with van der Waals surface area (Å²) in [4.78, 5) is 24.1. The van der Waals surface area contributed by atoms with Gasteiger partial charge in [-0.05, 0) is 17.7 Å². The van der Waals surface area contributed by atoms with Crippen molar-refractivity contribution in [1.82, 2.24) is 10.6 Å². The van der Waals surface area contributed by atoms with Crippen molar-refractivity contribution in [3.8, 4) is 0 Å². The molecule has 2 rings (SSSR count). The number of rotatable bonds is 3. The van der Waals surface area contributed by atoms with Crippen molar-refractivity contribution in [2.75, 3.05) is 6.61 Å². The Labute approximate surface area is 156 Å². The van der Waals surface area contributed by atoms with Crippen molar-refractivity contribution in [1.29, 1.82) is 0 Å². The first-order valence-corrected chi connectivity index (χ1v) is 8.35. The lowest BCUT2D eigenvalue weighted by Gasteiger charge is -2.33. The van der Waals surface area contributed by atoms with Gasteiger partial charge in [0, 0.05) is 10.2 Å². The van der Waals surface area contributed by atoms with E-state index in [4.69, 9.17) is 39.5 Å². The molecule has 2 unspecified atom stereocenters. The topological polar surface area (TPSA) is 67.4 Å². The van der Waals surface area contributed by atoms with Gasteiger partial charge in [0.15, 0.2) is 0 Å². The molecule has 0 saturated carbocycles. The van der Waals surface area contributed by atoms with Crippen LogP contribution in [0.1, 0.15) is 11.6 Å². The molecule has 2 N–H and O–H groups in total. The van der Waals surface area contributed by atoms with E-state index in [0.717, 1.165) is 4.47 Å². The fourth-order valence-corrected chi connectivity index (χ4v) is 2.76. The van der Waals surface area contributed by atoms with Crippen LogP contribution in [-0.4, -0.2) is 22.4 Å². The monoisotopic (exact) mass is 440 g/mol. The van der Waals surface area contributed by atoms with Gasteiger partial charge in [-0.25, -0.2) is 4.79 Å². The molecule has 1 saturated heterocycles. The van der Waals surface area contributed by atoms with E-state index >= 15 is 0 Å². The van der Waals surface area contributed by atoms with Crippen LogP contribution in [0.25, 0.3) is 0 Å². The maximum Gasteiger partial charge on any atom is 0.319 e. The molecular weight excluding hydrogens is 430 g/mol. The number of esters is 1. The standard InChI is InChI=1S/C14H12BrCl3N2O3/c1-7-10(12(21)23-6-14(16,17)18)11(20-13(22)19-7)8-3-2-4-9(15)5-8/h2-5,10-11H,1,6H2,(H2,19,20,22). The zero-order valence-corrected chi connectivity index (χ0v) is 15.5. The summed E-state index contributed by atoms with van der Waals surface area (Å²) in [6, 6.07) is 6.10. The molecule has 1 aromatic carbocycles. The van der Waals surface area contributed by atoms with Gasteiger partial charge >= 0.3 is 12.0 Å². The van der Waals surface area contributed by atoms with Crippen LogP contribution >= 0.6 is 50.7 Å². The van der Waals surface area contributed by atoms with Gasteiger partial charge in [-0.2, -0.15) is 0 Å². The van der Waals surface area contributed by atoms with E-state index in [0.29, 0.717) is 5.56 Å². The van der Waals surface area contributed by atoms with Gasteiger partial charge in [0.05, 0.1) is 6.04 Å². The molecule has 1 fully saturated rings. The lowest BCUT2D eigenvalue weighted by molar-refractivity contribution is -0.148. The lowest BCUT2D eigenvalue weighted by Crippen LogP contribution is -2.51. The molecular formula is C14H12BrCl3N2O3. The van der Waals surface area contributed by atoms with Crippen molar-refractivity contribution in [2.24, 2.45) is 5.92 Å². The zero-order valence-electron chi connectivity index (χ0n) is 11.6. The van der Waals surface area contributed by atoms with Crippen LogP contribution in [0.15, 0.2) is 41.0 Å². The molecule has 1 heterocycles. The van der Waals surface area contributed by atoms with Crippen LogP contribution < -0.4 is 10.6 Å². The summed E-state index contributed by atoms with van der Waals surface area (Å²) in [5.74, 6) is -1.51. The second kappa shape index (κ2) is 7.30. The van der Waals surface area contributed by atoms with Crippen molar-refractivity contribution >= 4 is 62.7 Å². The minimum atomic E-state index is -1.71. The fourth-order valence-electron chi connectivity index (χ4n) is 2.18. The number of ether oxygens (including phenoxy) is 1. The average Bonchev–Trinajstić information content (AvgIpc) is 2.43. The Kier molecular flexibility index (Phi) is 5.84. The van der Waals surface area contributed by atoms with E-state index in [1.165, 1.54) is 0 Å². The quantitative estimate of drug-likeness (QED) is 0.552. The number of carbonyl (C=O) groups is 2. The van der Waals surface area contributed by atoms with Gasteiger partial charge < -0.3 is 15.4 Å². The molecule has 2 amide bonds. The summed E-state index contributed by atoms with van der Waals surface area (Å²) in [6.07, 6.45) is 0. The van der Waals surface area contributed by atoms with E-state index in [-0.39, 0.29) is 5.70 Å². The number of alkyl halides is 3. The Balaban J connectivity index is 2.26. The second-order valence-electron chi connectivity index (χ2n) is 4.86. The molecule has 0 aromatic heterocycles. The predicted octanol–water partition coefficient (Wildman–Crippen LogP) is 3.85. The minimum Gasteiger partial charge on any atom is -0.461 e. The summed E-state index contributed by atoms with van der Waals surface area (Å²) in [6.45, 7) is 3.32. The molecule has 1 aliphatic heterocycles. The van der Waals surface area contributed by atoms with Gasteiger partial charge in [-0.1, -0.05) is 69.4 Å². The Hall–Kier alpha value is -0.950. The molecule has 1 aliphatic rings.